The van der Waals surface area contributed by atoms with E-state index in [1.54, 1.807) is 12.1 Å². The van der Waals surface area contributed by atoms with Crippen LogP contribution in [0.4, 0.5) is 4.39 Å². The Balaban J connectivity index is 2.72. The third-order valence-electron chi connectivity index (χ3n) is 1.82. The smallest absolute Gasteiger partial charge is 0.127 e. The first-order chi connectivity index (χ1) is 6.38. The van der Waals surface area contributed by atoms with Crippen molar-refractivity contribution in [1.29, 1.82) is 0 Å². The highest BCUT2D eigenvalue weighted by Gasteiger charge is 2.10. The molecule has 1 aromatic rings. The van der Waals surface area contributed by atoms with Crippen LogP contribution in [-0.2, 0) is 6.54 Å². The molecule has 0 amide bonds. The van der Waals surface area contributed by atoms with Gasteiger partial charge < -0.3 is 5.32 Å². The molecule has 0 aromatic heterocycles. The molecule has 0 atom stereocenters. The van der Waals surface area contributed by atoms with Crippen molar-refractivity contribution in [3.63, 3.8) is 0 Å². The zero-order valence-electron chi connectivity index (χ0n) is 8.70. The Bertz CT molecular complexity index is 318. The fourth-order valence-corrected chi connectivity index (χ4v) is 1.45. The Hall–Kier alpha value is -0.410. The van der Waals surface area contributed by atoms with Gasteiger partial charge in [-0.25, -0.2) is 4.39 Å². The monoisotopic (exact) mass is 259 g/mol. The van der Waals surface area contributed by atoms with Crippen LogP contribution >= 0.6 is 15.9 Å². The zero-order chi connectivity index (χ0) is 10.8. The highest BCUT2D eigenvalue weighted by atomic mass is 79.9. The van der Waals surface area contributed by atoms with E-state index in [-0.39, 0.29) is 11.4 Å². The quantitative estimate of drug-likeness (QED) is 0.858. The Morgan fingerprint density at radius 1 is 1.36 bits per heavy atom. The standard InChI is InChI=1S/C11H15BrFN/c1-11(2,3)14-7-8-6-9(12)4-5-10(8)13/h4-6,14H,7H2,1-3H3. The average Bonchev–Trinajstić information content (AvgIpc) is 2.05. The first kappa shape index (κ1) is 11.7. The van der Waals surface area contributed by atoms with E-state index in [1.165, 1.54) is 6.07 Å². The van der Waals surface area contributed by atoms with E-state index in [4.69, 9.17) is 0 Å². The van der Waals surface area contributed by atoms with Crippen LogP contribution in [0.25, 0.3) is 0 Å². The summed E-state index contributed by atoms with van der Waals surface area (Å²) in [6.45, 7) is 6.73. The molecular weight excluding hydrogens is 245 g/mol. The SMILES string of the molecule is CC(C)(C)NCc1cc(Br)ccc1F. The largest absolute Gasteiger partial charge is 0.308 e. The van der Waals surface area contributed by atoms with Gasteiger partial charge in [-0.15, -0.1) is 0 Å². The Morgan fingerprint density at radius 3 is 2.57 bits per heavy atom. The van der Waals surface area contributed by atoms with E-state index in [0.717, 1.165) is 4.47 Å². The topological polar surface area (TPSA) is 12.0 Å². The lowest BCUT2D eigenvalue weighted by atomic mass is 10.1. The molecule has 0 unspecified atom stereocenters. The molecule has 0 spiro atoms. The fraction of sp³-hybridized carbons (Fsp3) is 0.455. The Labute approximate surface area is 92.8 Å². The zero-order valence-corrected chi connectivity index (χ0v) is 10.3. The maximum atomic E-state index is 13.3. The molecule has 1 N–H and O–H groups in total. The number of hydrogen-bond acceptors (Lipinski definition) is 1. The van der Waals surface area contributed by atoms with Gasteiger partial charge in [0, 0.05) is 22.1 Å². The van der Waals surface area contributed by atoms with Crippen LogP contribution in [0.3, 0.4) is 0 Å². The summed E-state index contributed by atoms with van der Waals surface area (Å²) in [7, 11) is 0. The molecule has 0 bridgehead atoms. The fourth-order valence-electron chi connectivity index (χ4n) is 1.04. The van der Waals surface area contributed by atoms with E-state index < -0.39 is 0 Å². The average molecular weight is 260 g/mol. The predicted octanol–water partition coefficient (Wildman–Crippen LogP) is 3.48. The molecular formula is C11H15BrFN. The van der Waals surface area contributed by atoms with Gasteiger partial charge in [0.15, 0.2) is 0 Å². The number of rotatable bonds is 2. The first-order valence-corrected chi connectivity index (χ1v) is 5.37. The van der Waals surface area contributed by atoms with Gasteiger partial charge in [-0.2, -0.15) is 0 Å². The van der Waals surface area contributed by atoms with Crippen LogP contribution < -0.4 is 5.32 Å². The predicted molar refractivity (Wildman–Crippen MR) is 60.7 cm³/mol. The molecule has 78 valence electrons. The van der Waals surface area contributed by atoms with E-state index in [9.17, 15) is 4.39 Å². The van der Waals surface area contributed by atoms with Crippen LogP contribution in [0.1, 0.15) is 26.3 Å². The number of nitrogens with one attached hydrogen (secondary N) is 1. The maximum absolute atomic E-state index is 13.3. The number of halogens is 2. The molecule has 0 saturated carbocycles. The van der Waals surface area contributed by atoms with Crippen molar-refractivity contribution < 1.29 is 4.39 Å². The highest BCUT2D eigenvalue weighted by Crippen LogP contribution is 2.16. The summed E-state index contributed by atoms with van der Waals surface area (Å²) in [6, 6.07) is 4.98. The van der Waals surface area contributed by atoms with Crippen molar-refractivity contribution in [2.75, 3.05) is 0 Å². The molecule has 0 radical (unpaired) electrons. The summed E-state index contributed by atoms with van der Waals surface area (Å²) >= 11 is 3.32. The van der Waals surface area contributed by atoms with Gasteiger partial charge in [0.2, 0.25) is 0 Å². The van der Waals surface area contributed by atoms with Crippen molar-refractivity contribution in [2.45, 2.75) is 32.9 Å². The molecule has 0 saturated heterocycles. The third kappa shape index (κ3) is 3.76. The molecule has 1 nitrogen and oxygen atoms in total. The van der Waals surface area contributed by atoms with Gasteiger partial charge in [-0.1, -0.05) is 15.9 Å². The second-order valence-corrected chi connectivity index (χ2v) is 5.25. The molecule has 0 heterocycles. The van der Waals surface area contributed by atoms with Gasteiger partial charge in [0.25, 0.3) is 0 Å². The minimum absolute atomic E-state index is 0.00869. The van der Waals surface area contributed by atoms with Crippen LogP contribution in [0.15, 0.2) is 22.7 Å². The summed E-state index contributed by atoms with van der Waals surface area (Å²) in [5.41, 5.74) is 0.698. The summed E-state index contributed by atoms with van der Waals surface area (Å²) in [5.74, 6) is -0.162. The Kier molecular flexibility index (Phi) is 3.67. The van der Waals surface area contributed by atoms with Crippen molar-refractivity contribution in [1.82, 2.24) is 5.32 Å². The summed E-state index contributed by atoms with van der Waals surface area (Å²) < 4.78 is 14.2. The third-order valence-corrected chi connectivity index (χ3v) is 2.31. The molecule has 1 aromatic carbocycles. The van der Waals surface area contributed by atoms with Gasteiger partial charge >= 0.3 is 0 Å². The second kappa shape index (κ2) is 4.41. The van der Waals surface area contributed by atoms with E-state index in [0.29, 0.717) is 12.1 Å². The van der Waals surface area contributed by atoms with Crippen LogP contribution in [0.5, 0.6) is 0 Å². The summed E-state index contributed by atoms with van der Waals surface area (Å²) in [4.78, 5) is 0. The van der Waals surface area contributed by atoms with E-state index in [1.807, 2.05) is 0 Å². The van der Waals surface area contributed by atoms with Crippen molar-refractivity contribution in [3.8, 4) is 0 Å². The number of hydrogen-bond donors (Lipinski definition) is 1. The van der Waals surface area contributed by atoms with Crippen LogP contribution in [-0.4, -0.2) is 5.54 Å². The van der Waals surface area contributed by atoms with Crippen molar-refractivity contribution >= 4 is 15.9 Å². The normalized spacial score (nSPS) is 11.8. The van der Waals surface area contributed by atoms with E-state index >= 15 is 0 Å². The lowest BCUT2D eigenvalue weighted by molar-refractivity contribution is 0.418. The molecule has 0 aliphatic carbocycles. The van der Waals surface area contributed by atoms with Gasteiger partial charge in [-0.05, 0) is 39.0 Å². The molecule has 14 heavy (non-hydrogen) atoms. The summed E-state index contributed by atoms with van der Waals surface area (Å²) in [5, 5.41) is 3.25. The summed E-state index contributed by atoms with van der Waals surface area (Å²) in [6.07, 6.45) is 0. The van der Waals surface area contributed by atoms with Crippen LogP contribution in [0.2, 0.25) is 0 Å². The lowest BCUT2D eigenvalue weighted by Crippen LogP contribution is -2.35. The van der Waals surface area contributed by atoms with Crippen molar-refractivity contribution in [3.05, 3.63) is 34.1 Å². The lowest BCUT2D eigenvalue weighted by Gasteiger charge is -2.20. The van der Waals surface area contributed by atoms with Gasteiger partial charge in [0.05, 0.1) is 0 Å². The van der Waals surface area contributed by atoms with Gasteiger partial charge in [0.1, 0.15) is 5.82 Å². The van der Waals surface area contributed by atoms with Crippen molar-refractivity contribution in [2.24, 2.45) is 0 Å². The highest BCUT2D eigenvalue weighted by molar-refractivity contribution is 9.10. The minimum Gasteiger partial charge on any atom is -0.308 e. The van der Waals surface area contributed by atoms with E-state index in [2.05, 4.69) is 42.0 Å². The van der Waals surface area contributed by atoms with Crippen LogP contribution in [0, 0.1) is 5.82 Å². The molecule has 3 heteroatoms. The molecule has 0 aliphatic rings. The van der Waals surface area contributed by atoms with Gasteiger partial charge in [-0.3, -0.25) is 0 Å². The second-order valence-electron chi connectivity index (χ2n) is 4.34. The molecule has 0 fully saturated rings. The number of benzene rings is 1. The minimum atomic E-state index is -0.162. The molecule has 0 aliphatic heterocycles. The first-order valence-electron chi connectivity index (χ1n) is 4.57. The Morgan fingerprint density at radius 2 is 2.00 bits per heavy atom. The maximum Gasteiger partial charge on any atom is 0.127 e. The molecule has 1 rings (SSSR count).